The minimum atomic E-state index is -1.15. The molecule has 24 heavy (non-hydrogen) atoms. The minimum absolute atomic E-state index is 0.0664. The molecule has 1 atom stereocenters. The average Bonchev–Trinajstić information content (AvgIpc) is 2.92. The van der Waals surface area contributed by atoms with Crippen molar-refractivity contribution in [1.29, 1.82) is 0 Å². The van der Waals surface area contributed by atoms with E-state index in [2.05, 4.69) is 15.4 Å². The molecule has 1 amide bonds. The van der Waals surface area contributed by atoms with E-state index in [0.717, 1.165) is 0 Å². The number of hydrogen-bond acceptors (Lipinski definition) is 4. The molecule has 0 bridgehead atoms. The summed E-state index contributed by atoms with van der Waals surface area (Å²) >= 11 is 12.4. The topological polar surface area (TPSA) is 97.1 Å². The number of halogens is 2. The van der Waals surface area contributed by atoms with Gasteiger partial charge in [-0.15, -0.1) is 5.10 Å². The second kappa shape index (κ2) is 7.19. The smallest absolute Gasteiger partial charge is 0.325 e. The molecule has 0 saturated carbocycles. The van der Waals surface area contributed by atoms with Crippen molar-refractivity contribution in [2.45, 2.75) is 32.7 Å². The molecule has 2 aromatic rings. The monoisotopic (exact) mass is 370 g/mol. The van der Waals surface area contributed by atoms with Gasteiger partial charge in [0.15, 0.2) is 0 Å². The molecule has 1 aromatic carbocycles. The Balaban J connectivity index is 2.49. The zero-order valence-corrected chi connectivity index (χ0v) is 14.8. The van der Waals surface area contributed by atoms with E-state index in [9.17, 15) is 9.59 Å². The van der Waals surface area contributed by atoms with Crippen molar-refractivity contribution >= 4 is 35.1 Å². The van der Waals surface area contributed by atoms with Gasteiger partial charge in [-0.2, -0.15) is 0 Å². The number of nitrogens with zero attached hydrogens (tertiary/aromatic N) is 3. The van der Waals surface area contributed by atoms with Crippen LogP contribution < -0.4 is 5.32 Å². The van der Waals surface area contributed by atoms with Gasteiger partial charge in [-0.25, -0.2) is 9.67 Å². The summed E-state index contributed by atoms with van der Waals surface area (Å²) in [5.74, 6) is -1.57. The molecule has 0 aliphatic carbocycles. The zero-order valence-electron chi connectivity index (χ0n) is 13.2. The third kappa shape index (κ3) is 3.68. The number of amides is 1. The third-order valence-electron chi connectivity index (χ3n) is 3.22. The van der Waals surface area contributed by atoms with Crippen LogP contribution in [0.3, 0.4) is 0 Å². The second-order valence-electron chi connectivity index (χ2n) is 5.46. The molecular formula is C15H16Cl2N4O3. The fraction of sp³-hybridized carbons (Fsp3) is 0.333. The zero-order chi connectivity index (χ0) is 18.0. The van der Waals surface area contributed by atoms with Gasteiger partial charge in [-0.3, -0.25) is 9.59 Å². The molecular weight excluding hydrogens is 355 g/mol. The summed E-state index contributed by atoms with van der Waals surface area (Å²) in [5.41, 5.74) is 0.419. The van der Waals surface area contributed by atoms with Crippen molar-refractivity contribution < 1.29 is 14.7 Å². The first-order valence-electron chi connectivity index (χ1n) is 7.17. The van der Waals surface area contributed by atoms with Crippen molar-refractivity contribution in [3.05, 3.63) is 39.9 Å². The molecule has 2 rings (SSSR count). The summed E-state index contributed by atoms with van der Waals surface area (Å²) in [4.78, 5) is 27.2. The maximum atomic E-state index is 12.2. The fourth-order valence-electron chi connectivity index (χ4n) is 1.97. The Morgan fingerprint density at radius 3 is 2.29 bits per heavy atom. The molecule has 2 N–H and O–H groups in total. The first-order chi connectivity index (χ1) is 11.2. The molecule has 9 heteroatoms. The Morgan fingerprint density at radius 2 is 1.79 bits per heavy atom. The molecule has 0 radical (unpaired) electrons. The summed E-state index contributed by atoms with van der Waals surface area (Å²) in [6.07, 6.45) is 0. The van der Waals surface area contributed by atoms with Gasteiger partial charge in [0, 0.05) is 5.92 Å². The molecule has 0 aliphatic rings. The first kappa shape index (κ1) is 18.2. The molecule has 0 fully saturated rings. The normalized spacial score (nSPS) is 12.2. The molecule has 1 heterocycles. The lowest BCUT2D eigenvalue weighted by Crippen LogP contribution is -2.38. The standard InChI is InChI=1S/C15H16Cl2N4O3/c1-7(2)13-19-12(14(22)18-8(3)15(23)24)20-21(13)11-9(16)5-4-6-10(11)17/h4-8H,1-3H3,(H,18,22)(H,23,24). The van der Waals surface area contributed by atoms with E-state index in [0.29, 0.717) is 21.6 Å². The van der Waals surface area contributed by atoms with Crippen molar-refractivity contribution in [1.82, 2.24) is 20.1 Å². The van der Waals surface area contributed by atoms with Crippen molar-refractivity contribution in [3.63, 3.8) is 0 Å². The summed E-state index contributed by atoms with van der Waals surface area (Å²) in [6.45, 7) is 5.12. The number of nitrogens with one attached hydrogen (secondary N) is 1. The SMILES string of the molecule is CC(NC(=O)c1nc(C(C)C)n(-c2c(Cl)cccc2Cl)n1)C(=O)O. The van der Waals surface area contributed by atoms with Crippen LogP contribution >= 0.6 is 23.2 Å². The summed E-state index contributed by atoms with van der Waals surface area (Å²) in [5, 5.41) is 16.1. The van der Waals surface area contributed by atoms with Crippen LogP contribution in [0.15, 0.2) is 18.2 Å². The van der Waals surface area contributed by atoms with Gasteiger partial charge in [0.05, 0.1) is 10.0 Å². The highest BCUT2D eigenvalue weighted by molar-refractivity contribution is 6.37. The number of hydrogen-bond donors (Lipinski definition) is 2. The summed E-state index contributed by atoms with van der Waals surface area (Å²) in [7, 11) is 0. The highest BCUT2D eigenvalue weighted by Crippen LogP contribution is 2.30. The van der Waals surface area contributed by atoms with Crippen LogP contribution in [0, 0.1) is 0 Å². The molecule has 128 valence electrons. The van der Waals surface area contributed by atoms with Gasteiger partial charge in [0.25, 0.3) is 5.91 Å². The quantitative estimate of drug-likeness (QED) is 0.842. The predicted octanol–water partition coefficient (Wildman–Crippen LogP) is 2.90. The lowest BCUT2D eigenvalue weighted by atomic mass is 10.2. The largest absolute Gasteiger partial charge is 0.480 e. The molecule has 1 aromatic heterocycles. The number of carboxylic acid groups (broad SMARTS) is 1. The number of rotatable bonds is 5. The van der Waals surface area contributed by atoms with Gasteiger partial charge < -0.3 is 10.4 Å². The van der Waals surface area contributed by atoms with Crippen LogP contribution in [-0.2, 0) is 4.79 Å². The van der Waals surface area contributed by atoms with Crippen LogP contribution in [-0.4, -0.2) is 37.8 Å². The van der Waals surface area contributed by atoms with E-state index in [4.69, 9.17) is 28.3 Å². The van der Waals surface area contributed by atoms with Gasteiger partial charge in [-0.05, 0) is 19.1 Å². The van der Waals surface area contributed by atoms with Crippen molar-refractivity contribution in [2.24, 2.45) is 0 Å². The number of aromatic nitrogens is 3. The van der Waals surface area contributed by atoms with Gasteiger partial charge >= 0.3 is 5.97 Å². The van der Waals surface area contributed by atoms with E-state index < -0.39 is 17.9 Å². The maximum absolute atomic E-state index is 12.2. The molecule has 0 aliphatic heterocycles. The summed E-state index contributed by atoms with van der Waals surface area (Å²) in [6, 6.07) is 3.94. The molecule has 0 saturated heterocycles. The molecule has 0 spiro atoms. The lowest BCUT2D eigenvalue weighted by molar-refractivity contribution is -0.138. The van der Waals surface area contributed by atoms with Crippen molar-refractivity contribution in [3.8, 4) is 5.69 Å². The molecule has 7 nitrogen and oxygen atoms in total. The number of carbonyl (C=O) groups is 2. The maximum Gasteiger partial charge on any atom is 0.325 e. The third-order valence-corrected chi connectivity index (χ3v) is 3.83. The Hall–Kier alpha value is -2.12. The fourth-order valence-corrected chi connectivity index (χ4v) is 2.53. The second-order valence-corrected chi connectivity index (χ2v) is 6.28. The lowest BCUT2D eigenvalue weighted by Gasteiger charge is -2.11. The van der Waals surface area contributed by atoms with Crippen LogP contribution in [0.5, 0.6) is 0 Å². The van der Waals surface area contributed by atoms with Crippen LogP contribution in [0.4, 0.5) is 0 Å². The van der Waals surface area contributed by atoms with E-state index in [1.165, 1.54) is 11.6 Å². The Labute approximate surface area is 148 Å². The Morgan fingerprint density at radius 1 is 1.21 bits per heavy atom. The number of carbonyl (C=O) groups excluding carboxylic acids is 1. The van der Waals surface area contributed by atoms with Crippen LogP contribution in [0.25, 0.3) is 5.69 Å². The number of para-hydroxylation sites is 1. The minimum Gasteiger partial charge on any atom is -0.480 e. The Kier molecular flexibility index (Phi) is 5.46. The first-order valence-corrected chi connectivity index (χ1v) is 7.93. The Bertz CT molecular complexity index is 769. The predicted molar refractivity (Wildman–Crippen MR) is 90.0 cm³/mol. The highest BCUT2D eigenvalue weighted by Gasteiger charge is 2.24. The number of carboxylic acids is 1. The van der Waals surface area contributed by atoms with Crippen LogP contribution in [0.1, 0.15) is 43.1 Å². The highest BCUT2D eigenvalue weighted by atomic mass is 35.5. The van der Waals surface area contributed by atoms with E-state index in [1.807, 2.05) is 13.8 Å². The van der Waals surface area contributed by atoms with E-state index in [1.54, 1.807) is 18.2 Å². The average molecular weight is 371 g/mol. The van der Waals surface area contributed by atoms with Crippen LogP contribution in [0.2, 0.25) is 10.0 Å². The van der Waals surface area contributed by atoms with Crippen molar-refractivity contribution in [2.75, 3.05) is 0 Å². The number of aliphatic carboxylic acids is 1. The summed E-state index contributed by atoms with van der Waals surface area (Å²) < 4.78 is 1.41. The number of benzene rings is 1. The van der Waals surface area contributed by atoms with Gasteiger partial charge in [0.2, 0.25) is 5.82 Å². The van der Waals surface area contributed by atoms with Gasteiger partial charge in [-0.1, -0.05) is 43.1 Å². The van der Waals surface area contributed by atoms with E-state index in [-0.39, 0.29) is 11.7 Å². The van der Waals surface area contributed by atoms with Gasteiger partial charge in [0.1, 0.15) is 17.6 Å². The van der Waals surface area contributed by atoms with E-state index >= 15 is 0 Å². The molecule has 1 unspecified atom stereocenters.